The summed E-state index contributed by atoms with van der Waals surface area (Å²) in [5.74, 6) is -2.13. The summed E-state index contributed by atoms with van der Waals surface area (Å²) in [5, 5.41) is 0.496. The summed E-state index contributed by atoms with van der Waals surface area (Å²) in [4.78, 5) is 14.4. The topological polar surface area (TPSA) is 38.8 Å². The average Bonchev–Trinajstić information content (AvgIpc) is 3.14. The van der Waals surface area contributed by atoms with E-state index in [0.717, 1.165) is 18.4 Å². The van der Waals surface area contributed by atoms with E-state index < -0.39 is 29.9 Å². The Balaban J connectivity index is 0.00000181. The molecule has 2 atom stereocenters. The van der Waals surface area contributed by atoms with E-state index in [2.05, 4.69) is 4.90 Å². The van der Waals surface area contributed by atoms with Crippen LogP contribution in [0.3, 0.4) is 0 Å². The number of alkyl halides is 6. The highest BCUT2D eigenvalue weighted by Gasteiger charge is 2.44. The fourth-order valence-electron chi connectivity index (χ4n) is 6.71. The Morgan fingerprint density at radius 1 is 0.875 bits per heavy atom. The predicted octanol–water partition coefficient (Wildman–Crippen LogP) is 8.30. The van der Waals surface area contributed by atoms with Gasteiger partial charge in [0.1, 0.15) is 11.3 Å². The molecule has 0 N–H and O–H groups in total. The molecule has 5 rings (SSSR count). The summed E-state index contributed by atoms with van der Waals surface area (Å²) >= 11 is 0. The summed E-state index contributed by atoms with van der Waals surface area (Å²) in [5.41, 5.74) is -0.124. The molecule has 2 aliphatic heterocycles. The Morgan fingerprint density at radius 2 is 1.50 bits per heavy atom. The first kappa shape index (κ1) is 30.5. The van der Waals surface area contributed by atoms with Gasteiger partial charge in [-0.05, 0) is 73.8 Å². The molecule has 2 aromatic carbocycles. The molecule has 3 aliphatic rings. The Labute approximate surface area is 231 Å². The lowest BCUT2D eigenvalue weighted by Crippen LogP contribution is -2.44. The van der Waals surface area contributed by atoms with Crippen LogP contribution in [-0.4, -0.2) is 42.3 Å². The van der Waals surface area contributed by atoms with Gasteiger partial charge in [-0.1, -0.05) is 38.1 Å². The van der Waals surface area contributed by atoms with Crippen molar-refractivity contribution in [1.29, 1.82) is 0 Å². The molecule has 0 aromatic heterocycles. The van der Waals surface area contributed by atoms with E-state index in [-0.39, 0.29) is 60.8 Å². The third kappa shape index (κ3) is 6.37. The highest BCUT2D eigenvalue weighted by Crippen LogP contribution is 2.45. The van der Waals surface area contributed by atoms with E-state index >= 15 is 0 Å². The molecule has 1 saturated carbocycles. The minimum atomic E-state index is -4.70. The van der Waals surface area contributed by atoms with Crippen molar-refractivity contribution in [3.8, 4) is 5.75 Å². The number of carbonyl (C=O) groups excluding carboxylic acids is 1. The smallest absolute Gasteiger partial charge is 0.420 e. The monoisotopic (exact) mass is 573 g/mol. The number of hydrogen-bond acceptors (Lipinski definition) is 4. The highest BCUT2D eigenvalue weighted by molar-refractivity contribution is 5.91. The van der Waals surface area contributed by atoms with Gasteiger partial charge in [-0.2, -0.15) is 26.3 Å². The van der Waals surface area contributed by atoms with E-state index in [4.69, 9.17) is 9.47 Å². The van der Waals surface area contributed by atoms with Gasteiger partial charge < -0.3 is 9.47 Å². The van der Waals surface area contributed by atoms with E-state index in [0.29, 0.717) is 24.8 Å². The van der Waals surface area contributed by atoms with Gasteiger partial charge in [0.15, 0.2) is 0 Å². The lowest BCUT2D eigenvalue weighted by molar-refractivity contribution is -0.185. The van der Waals surface area contributed by atoms with Crippen molar-refractivity contribution in [3.63, 3.8) is 0 Å². The Kier molecular flexibility index (Phi) is 9.27. The van der Waals surface area contributed by atoms with Crippen LogP contribution in [0.15, 0.2) is 30.3 Å². The van der Waals surface area contributed by atoms with Crippen molar-refractivity contribution in [2.24, 2.45) is 11.8 Å². The van der Waals surface area contributed by atoms with Crippen LogP contribution in [0.4, 0.5) is 26.3 Å². The average molecular weight is 574 g/mol. The van der Waals surface area contributed by atoms with Gasteiger partial charge in [0.2, 0.25) is 0 Å². The Morgan fingerprint density at radius 3 is 2.05 bits per heavy atom. The molecule has 2 saturated heterocycles. The van der Waals surface area contributed by atoms with Crippen LogP contribution in [0.2, 0.25) is 0 Å². The summed E-state index contributed by atoms with van der Waals surface area (Å²) in [6.07, 6.45) is -6.65. The first-order valence-electron chi connectivity index (χ1n) is 14.1. The second-order valence-corrected chi connectivity index (χ2v) is 10.8. The molecule has 4 nitrogen and oxygen atoms in total. The van der Waals surface area contributed by atoms with Crippen LogP contribution in [0.5, 0.6) is 5.75 Å². The zero-order chi connectivity index (χ0) is 29.2. The van der Waals surface area contributed by atoms with E-state index in [1.165, 1.54) is 19.2 Å². The number of piperidine rings is 1. The Bertz CT molecular complexity index is 1160. The number of hydrogen-bond donors (Lipinski definition) is 0. The van der Waals surface area contributed by atoms with E-state index in [1.807, 2.05) is 19.9 Å². The van der Waals surface area contributed by atoms with Crippen LogP contribution < -0.4 is 4.74 Å². The van der Waals surface area contributed by atoms with E-state index in [9.17, 15) is 31.1 Å². The SMILES string of the molecule is CC.COC(=O)C1CC2CCC(C1)N2Cc1cccc2c(C(F)(F)F)c(OC3CCC(C(F)(F)F)CC3)ccc12. The minimum absolute atomic E-state index is 0.0215. The van der Waals surface area contributed by atoms with Crippen LogP contribution in [-0.2, 0) is 22.3 Å². The second-order valence-electron chi connectivity index (χ2n) is 10.8. The lowest BCUT2D eigenvalue weighted by atomic mass is 9.87. The van der Waals surface area contributed by atoms with Gasteiger partial charge >= 0.3 is 18.3 Å². The maximum Gasteiger partial charge on any atom is 0.420 e. The molecule has 2 bridgehead atoms. The second kappa shape index (κ2) is 12.2. The largest absolute Gasteiger partial charge is 0.490 e. The number of ether oxygens (including phenoxy) is 2. The van der Waals surface area contributed by atoms with Crippen LogP contribution in [0.25, 0.3) is 10.8 Å². The lowest BCUT2D eigenvalue weighted by Gasteiger charge is -2.38. The number of fused-ring (bicyclic) bond motifs is 3. The van der Waals surface area contributed by atoms with Gasteiger partial charge in [0, 0.05) is 18.6 Å². The number of rotatable bonds is 5. The summed E-state index contributed by atoms with van der Waals surface area (Å²) in [7, 11) is 1.39. The van der Waals surface area contributed by atoms with Gasteiger partial charge in [0.05, 0.1) is 25.0 Å². The number of halogens is 6. The molecule has 40 heavy (non-hydrogen) atoms. The van der Waals surface area contributed by atoms with Gasteiger partial charge in [0.25, 0.3) is 0 Å². The normalized spacial score (nSPS) is 27.2. The molecule has 1 aliphatic carbocycles. The number of nitrogens with zero attached hydrogens (tertiary/aromatic N) is 1. The van der Waals surface area contributed by atoms with Crippen molar-refractivity contribution in [1.82, 2.24) is 4.90 Å². The number of methoxy groups -OCH3 is 1. The molecule has 0 amide bonds. The zero-order valence-corrected chi connectivity index (χ0v) is 23.1. The molecule has 2 aromatic rings. The molecular weight excluding hydrogens is 536 g/mol. The van der Waals surface area contributed by atoms with Crippen LogP contribution in [0, 0.1) is 11.8 Å². The summed E-state index contributed by atoms with van der Waals surface area (Å²) in [6.45, 7) is 4.47. The highest BCUT2D eigenvalue weighted by atomic mass is 19.4. The number of esters is 1. The predicted molar refractivity (Wildman–Crippen MR) is 140 cm³/mol. The molecule has 0 radical (unpaired) electrons. The first-order chi connectivity index (χ1) is 19.0. The molecule has 2 heterocycles. The number of carbonyl (C=O) groups is 1. The van der Waals surface area contributed by atoms with Crippen LogP contribution in [0.1, 0.15) is 76.3 Å². The number of benzene rings is 2. The molecule has 10 heteroatoms. The maximum absolute atomic E-state index is 14.3. The van der Waals surface area contributed by atoms with Crippen molar-refractivity contribution in [3.05, 3.63) is 41.5 Å². The van der Waals surface area contributed by atoms with Crippen molar-refractivity contribution in [2.45, 2.75) is 102 Å². The van der Waals surface area contributed by atoms with Crippen LogP contribution >= 0.6 is 0 Å². The Hall–Kier alpha value is -2.49. The zero-order valence-electron chi connectivity index (χ0n) is 23.1. The molecule has 2 unspecified atom stereocenters. The fourth-order valence-corrected chi connectivity index (χ4v) is 6.71. The van der Waals surface area contributed by atoms with Crippen molar-refractivity contribution < 1.29 is 40.6 Å². The molecule has 3 fully saturated rings. The minimum Gasteiger partial charge on any atom is -0.490 e. The van der Waals surface area contributed by atoms with E-state index in [1.54, 1.807) is 12.1 Å². The quantitative estimate of drug-likeness (QED) is 0.267. The maximum atomic E-state index is 14.3. The molecule has 0 spiro atoms. The molecule has 222 valence electrons. The van der Waals surface area contributed by atoms with Gasteiger partial charge in [-0.25, -0.2) is 0 Å². The van der Waals surface area contributed by atoms with Gasteiger partial charge in [-0.15, -0.1) is 0 Å². The standard InChI is InChI=1S/C28H31F6NO3.C2H6/c1-37-26(36)17-13-19-7-8-20(14-17)35(19)15-16-3-2-4-23-22(16)11-12-24(25(23)28(32,33)34)38-21-9-5-18(6-10-21)27(29,30)31;1-2/h2-4,11-12,17-21H,5-10,13-15H2,1H3;1-2H3. The molecular formula is C30H37F6NO3. The summed E-state index contributed by atoms with van der Waals surface area (Å²) in [6, 6.07) is 8.13. The first-order valence-corrected chi connectivity index (χ1v) is 14.1. The third-order valence-corrected chi connectivity index (χ3v) is 8.60. The van der Waals surface area contributed by atoms with Crippen molar-refractivity contribution >= 4 is 16.7 Å². The van der Waals surface area contributed by atoms with Crippen molar-refractivity contribution in [2.75, 3.05) is 7.11 Å². The third-order valence-electron chi connectivity index (χ3n) is 8.60. The van der Waals surface area contributed by atoms with Gasteiger partial charge in [-0.3, -0.25) is 9.69 Å². The fraction of sp³-hybridized carbons (Fsp3) is 0.633. The summed E-state index contributed by atoms with van der Waals surface area (Å²) < 4.78 is 92.7.